The molecule has 1 aliphatic carbocycles. The molecule has 2 atom stereocenters. The Balaban J connectivity index is 1.80. The second-order valence-corrected chi connectivity index (χ2v) is 5.56. The molecule has 0 aromatic rings. The van der Waals surface area contributed by atoms with Gasteiger partial charge in [0.25, 0.3) is 0 Å². The number of rotatable bonds is 3. The van der Waals surface area contributed by atoms with Gasteiger partial charge >= 0.3 is 0 Å². The Labute approximate surface area is 104 Å². The van der Waals surface area contributed by atoms with Gasteiger partial charge in [-0.3, -0.25) is 9.69 Å². The Morgan fingerprint density at radius 2 is 2.00 bits per heavy atom. The third kappa shape index (κ3) is 3.42. The minimum Gasteiger partial charge on any atom is -0.352 e. The van der Waals surface area contributed by atoms with Crippen molar-refractivity contribution in [1.82, 2.24) is 10.2 Å². The molecule has 0 radical (unpaired) electrons. The highest BCUT2D eigenvalue weighted by atomic mass is 16.2. The van der Waals surface area contributed by atoms with Crippen molar-refractivity contribution >= 4 is 5.91 Å². The van der Waals surface area contributed by atoms with Crippen LogP contribution in [0.4, 0.5) is 0 Å². The van der Waals surface area contributed by atoms with Gasteiger partial charge in [-0.1, -0.05) is 12.8 Å². The summed E-state index contributed by atoms with van der Waals surface area (Å²) >= 11 is 0. The van der Waals surface area contributed by atoms with E-state index in [1.54, 1.807) is 0 Å². The van der Waals surface area contributed by atoms with Crippen LogP contribution in [-0.4, -0.2) is 42.0 Å². The number of carbonyl (C=O) groups excluding carboxylic acids is 1. The van der Waals surface area contributed by atoms with E-state index in [4.69, 9.17) is 5.73 Å². The van der Waals surface area contributed by atoms with E-state index in [2.05, 4.69) is 10.2 Å². The fraction of sp³-hybridized carbons (Fsp3) is 0.923. The highest BCUT2D eigenvalue weighted by Crippen LogP contribution is 2.18. The Kier molecular flexibility index (Phi) is 4.40. The quantitative estimate of drug-likeness (QED) is 0.768. The molecule has 0 spiro atoms. The second-order valence-electron chi connectivity index (χ2n) is 5.56. The van der Waals surface area contributed by atoms with Crippen LogP contribution in [0.5, 0.6) is 0 Å². The monoisotopic (exact) mass is 239 g/mol. The Hall–Kier alpha value is -0.610. The Bertz CT molecular complexity index is 263. The number of nitrogens with zero attached hydrogens (tertiary/aromatic N) is 1. The first-order valence-electron chi connectivity index (χ1n) is 6.97. The smallest absolute Gasteiger partial charge is 0.237 e. The number of nitrogens with two attached hydrogens (primary N) is 1. The van der Waals surface area contributed by atoms with Crippen LogP contribution in [0.15, 0.2) is 0 Å². The molecular weight excluding hydrogens is 214 g/mol. The number of hydrogen-bond acceptors (Lipinski definition) is 3. The van der Waals surface area contributed by atoms with Crippen LogP contribution in [0.3, 0.4) is 0 Å². The van der Waals surface area contributed by atoms with E-state index >= 15 is 0 Å². The van der Waals surface area contributed by atoms with Crippen molar-refractivity contribution in [2.24, 2.45) is 5.73 Å². The predicted molar refractivity (Wildman–Crippen MR) is 68.6 cm³/mol. The number of likely N-dealkylation sites (tertiary alicyclic amines) is 1. The summed E-state index contributed by atoms with van der Waals surface area (Å²) in [4.78, 5) is 14.3. The summed E-state index contributed by atoms with van der Waals surface area (Å²) in [6.45, 7) is 3.87. The number of carbonyl (C=O) groups is 1. The van der Waals surface area contributed by atoms with Gasteiger partial charge in [0.05, 0.1) is 6.04 Å². The Morgan fingerprint density at radius 1 is 1.29 bits per heavy atom. The topological polar surface area (TPSA) is 58.4 Å². The third-order valence-electron chi connectivity index (χ3n) is 4.12. The van der Waals surface area contributed by atoms with Crippen LogP contribution in [0, 0.1) is 0 Å². The minimum atomic E-state index is -0.0260. The van der Waals surface area contributed by atoms with E-state index in [9.17, 15) is 4.79 Å². The molecule has 4 nitrogen and oxygen atoms in total. The number of piperidine rings is 1. The first-order chi connectivity index (χ1) is 8.16. The zero-order valence-electron chi connectivity index (χ0n) is 10.8. The zero-order chi connectivity index (χ0) is 12.3. The van der Waals surface area contributed by atoms with Gasteiger partial charge in [-0.05, 0) is 39.2 Å². The van der Waals surface area contributed by atoms with Crippen LogP contribution in [-0.2, 0) is 4.79 Å². The van der Waals surface area contributed by atoms with Gasteiger partial charge in [-0.2, -0.15) is 0 Å². The van der Waals surface area contributed by atoms with Gasteiger partial charge < -0.3 is 11.1 Å². The van der Waals surface area contributed by atoms with Crippen molar-refractivity contribution in [2.75, 3.05) is 13.1 Å². The van der Waals surface area contributed by atoms with Gasteiger partial charge in [0.1, 0.15) is 0 Å². The molecule has 1 heterocycles. The molecule has 1 saturated carbocycles. The van der Waals surface area contributed by atoms with E-state index in [0.717, 1.165) is 38.8 Å². The average Bonchev–Trinajstić information content (AvgIpc) is 2.80. The fourth-order valence-corrected chi connectivity index (χ4v) is 2.95. The van der Waals surface area contributed by atoms with Crippen LogP contribution in [0.1, 0.15) is 45.4 Å². The van der Waals surface area contributed by atoms with Gasteiger partial charge in [-0.15, -0.1) is 0 Å². The number of hydrogen-bond donors (Lipinski definition) is 2. The minimum absolute atomic E-state index is 0.0260. The molecule has 2 rings (SSSR count). The molecule has 1 saturated heterocycles. The van der Waals surface area contributed by atoms with E-state index in [1.807, 2.05) is 6.92 Å². The maximum Gasteiger partial charge on any atom is 0.237 e. The maximum absolute atomic E-state index is 12.1. The lowest BCUT2D eigenvalue weighted by atomic mass is 10.0. The Morgan fingerprint density at radius 3 is 2.65 bits per heavy atom. The molecule has 0 bridgehead atoms. The van der Waals surface area contributed by atoms with Crippen LogP contribution >= 0.6 is 0 Å². The van der Waals surface area contributed by atoms with Crippen molar-refractivity contribution in [3.63, 3.8) is 0 Å². The molecule has 3 N–H and O–H groups in total. The summed E-state index contributed by atoms with van der Waals surface area (Å²) < 4.78 is 0. The largest absolute Gasteiger partial charge is 0.352 e. The predicted octanol–water partition coefficient (Wildman–Crippen LogP) is 0.857. The summed E-state index contributed by atoms with van der Waals surface area (Å²) in [6, 6.07) is 0.635. The van der Waals surface area contributed by atoms with Crippen molar-refractivity contribution in [2.45, 2.75) is 63.6 Å². The highest BCUT2D eigenvalue weighted by molar-refractivity contribution is 5.81. The highest BCUT2D eigenvalue weighted by Gasteiger charge is 2.27. The SMILES string of the molecule is CC(C(=O)NC1CCCC1)N1CCCC(N)C1. The number of amides is 1. The molecule has 17 heavy (non-hydrogen) atoms. The summed E-state index contributed by atoms with van der Waals surface area (Å²) in [5, 5.41) is 3.17. The van der Waals surface area contributed by atoms with Crippen molar-refractivity contribution in [3.05, 3.63) is 0 Å². The lowest BCUT2D eigenvalue weighted by molar-refractivity contribution is -0.127. The summed E-state index contributed by atoms with van der Waals surface area (Å²) in [5.41, 5.74) is 5.95. The van der Waals surface area contributed by atoms with E-state index < -0.39 is 0 Å². The van der Waals surface area contributed by atoms with Gasteiger partial charge in [0.15, 0.2) is 0 Å². The molecule has 2 aliphatic rings. The molecule has 0 aromatic heterocycles. The summed E-state index contributed by atoms with van der Waals surface area (Å²) in [7, 11) is 0. The molecule has 0 aromatic carbocycles. The fourth-order valence-electron chi connectivity index (χ4n) is 2.95. The van der Waals surface area contributed by atoms with Crippen molar-refractivity contribution < 1.29 is 4.79 Å². The first kappa shape index (κ1) is 12.8. The molecule has 2 fully saturated rings. The molecule has 2 unspecified atom stereocenters. The molecule has 1 aliphatic heterocycles. The second kappa shape index (κ2) is 5.83. The number of nitrogens with one attached hydrogen (secondary N) is 1. The molecule has 98 valence electrons. The first-order valence-corrected chi connectivity index (χ1v) is 6.97. The van der Waals surface area contributed by atoms with Crippen LogP contribution in [0.25, 0.3) is 0 Å². The molecule has 1 amide bonds. The van der Waals surface area contributed by atoms with Crippen LogP contribution in [0.2, 0.25) is 0 Å². The summed E-state index contributed by atoms with van der Waals surface area (Å²) in [6.07, 6.45) is 7.02. The zero-order valence-corrected chi connectivity index (χ0v) is 10.8. The normalized spacial score (nSPS) is 29.2. The van der Waals surface area contributed by atoms with Crippen LogP contribution < -0.4 is 11.1 Å². The molecular formula is C13H25N3O. The average molecular weight is 239 g/mol. The van der Waals surface area contributed by atoms with E-state index in [0.29, 0.717) is 6.04 Å². The van der Waals surface area contributed by atoms with E-state index in [1.165, 1.54) is 12.8 Å². The standard InChI is InChI=1S/C13H25N3O/c1-10(16-8-4-5-11(14)9-16)13(17)15-12-6-2-3-7-12/h10-12H,2-9,14H2,1H3,(H,15,17). The van der Waals surface area contributed by atoms with E-state index in [-0.39, 0.29) is 18.0 Å². The van der Waals surface area contributed by atoms with Gasteiger partial charge in [0.2, 0.25) is 5.91 Å². The lowest BCUT2D eigenvalue weighted by Crippen LogP contribution is -2.53. The van der Waals surface area contributed by atoms with Gasteiger partial charge in [-0.25, -0.2) is 0 Å². The van der Waals surface area contributed by atoms with Gasteiger partial charge in [0, 0.05) is 18.6 Å². The van der Waals surface area contributed by atoms with Crippen molar-refractivity contribution in [1.29, 1.82) is 0 Å². The third-order valence-corrected chi connectivity index (χ3v) is 4.12. The summed E-state index contributed by atoms with van der Waals surface area (Å²) in [5.74, 6) is 0.186. The van der Waals surface area contributed by atoms with Crippen molar-refractivity contribution in [3.8, 4) is 0 Å². The lowest BCUT2D eigenvalue weighted by Gasteiger charge is -2.35. The molecule has 4 heteroatoms. The maximum atomic E-state index is 12.1.